The van der Waals surface area contributed by atoms with E-state index in [1.54, 1.807) is 7.11 Å². The Morgan fingerprint density at radius 1 is 1.71 bits per heavy atom. The van der Waals surface area contributed by atoms with Gasteiger partial charge in [-0.05, 0) is 19.8 Å². The fourth-order valence-corrected chi connectivity index (χ4v) is 1.74. The second-order valence-electron chi connectivity index (χ2n) is 4.53. The molecule has 6 nitrogen and oxygen atoms in total. The normalized spacial score (nSPS) is 26.5. The number of carboxylic acids is 1. The van der Waals surface area contributed by atoms with E-state index in [9.17, 15) is 4.79 Å². The Bertz CT molecular complexity index is 425. The summed E-state index contributed by atoms with van der Waals surface area (Å²) >= 11 is 0. The van der Waals surface area contributed by atoms with Crippen molar-refractivity contribution < 1.29 is 19.2 Å². The Hall–Kier alpha value is -1.43. The molecule has 1 N–H and O–H groups in total. The molecule has 6 heteroatoms. The van der Waals surface area contributed by atoms with Crippen LogP contribution in [0.5, 0.6) is 0 Å². The number of aliphatic carboxylic acids is 1. The van der Waals surface area contributed by atoms with Gasteiger partial charge in [0.15, 0.2) is 0 Å². The average Bonchev–Trinajstić information content (AvgIpc) is 2.98. The first-order valence-corrected chi connectivity index (χ1v) is 5.64. The Labute approximate surface area is 99.0 Å². The van der Waals surface area contributed by atoms with Crippen molar-refractivity contribution in [3.8, 4) is 0 Å². The van der Waals surface area contributed by atoms with E-state index in [-0.39, 0.29) is 11.8 Å². The summed E-state index contributed by atoms with van der Waals surface area (Å²) in [7, 11) is 1.59. The molecular weight excluding hydrogens is 224 g/mol. The van der Waals surface area contributed by atoms with Crippen molar-refractivity contribution in [3.63, 3.8) is 0 Å². The Balaban J connectivity index is 2.15. The van der Waals surface area contributed by atoms with E-state index < -0.39 is 11.6 Å². The number of hydrogen-bond acceptors (Lipinski definition) is 5. The lowest BCUT2D eigenvalue weighted by Gasteiger charge is -2.21. The number of hydrogen-bond donors (Lipinski definition) is 1. The summed E-state index contributed by atoms with van der Waals surface area (Å²) in [6.45, 7) is 3.85. The second-order valence-corrected chi connectivity index (χ2v) is 4.53. The molecule has 1 fully saturated rings. The molecule has 1 aliphatic carbocycles. The van der Waals surface area contributed by atoms with E-state index >= 15 is 0 Å². The molecule has 0 amide bonds. The number of carboxylic acid groups (broad SMARTS) is 1. The highest BCUT2D eigenvalue weighted by Crippen LogP contribution is 2.47. The summed E-state index contributed by atoms with van der Waals surface area (Å²) in [4.78, 5) is 15.0. The van der Waals surface area contributed by atoms with Gasteiger partial charge in [0.25, 0.3) is 0 Å². The predicted octanol–water partition coefficient (Wildman–Crippen LogP) is 1.53. The van der Waals surface area contributed by atoms with E-state index in [4.69, 9.17) is 14.4 Å². The molecule has 1 aliphatic rings. The van der Waals surface area contributed by atoms with Gasteiger partial charge in [0, 0.05) is 7.11 Å². The molecule has 2 rings (SSSR count). The highest BCUT2D eigenvalue weighted by Gasteiger charge is 2.48. The number of carbonyl (C=O) groups is 1. The zero-order chi connectivity index (χ0) is 12.6. The lowest BCUT2D eigenvalue weighted by molar-refractivity contribution is -0.138. The van der Waals surface area contributed by atoms with Crippen LogP contribution in [0.4, 0.5) is 0 Å². The van der Waals surface area contributed by atoms with Gasteiger partial charge < -0.3 is 14.4 Å². The van der Waals surface area contributed by atoms with Gasteiger partial charge in [0.1, 0.15) is 5.60 Å². The van der Waals surface area contributed by atoms with E-state index in [0.717, 1.165) is 6.42 Å². The van der Waals surface area contributed by atoms with Crippen molar-refractivity contribution in [2.75, 3.05) is 7.11 Å². The predicted molar refractivity (Wildman–Crippen MR) is 57.4 cm³/mol. The molecule has 3 unspecified atom stereocenters. The Kier molecular flexibility index (Phi) is 2.91. The van der Waals surface area contributed by atoms with E-state index in [1.165, 1.54) is 0 Å². The third-order valence-electron chi connectivity index (χ3n) is 3.46. The molecule has 1 aromatic heterocycles. The van der Waals surface area contributed by atoms with Crippen LogP contribution in [-0.4, -0.2) is 28.3 Å². The van der Waals surface area contributed by atoms with E-state index in [2.05, 4.69) is 10.1 Å². The largest absolute Gasteiger partial charge is 0.481 e. The van der Waals surface area contributed by atoms with Crippen molar-refractivity contribution in [2.45, 2.75) is 38.2 Å². The van der Waals surface area contributed by atoms with Gasteiger partial charge in [-0.15, -0.1) is 0 Å². The van der Waals surface area contributed by atoms with Crippen LogP contribution in [0.2, 0.25) is 0 Å². The molecule has 1 saturated carbocycles. The van der Waals surface area contributed by atoms with Crippen LogP contribution >= 0.6 is 0 Å². The van der Waals surface area contributed by atoms with Gasteiger partial charge in [0.2, 0.25) is 11.7 Å². The smallest absolute Gasteiger partial charge is 0.307 e. The van der Waals surface area contributed by atoms with Crippen molar-refractivity contribution in [1.82, 2.24) is 10.1 Å². The first kappa shape index (κ1) is 12.0. The van der Waals surface area contributed by atoms with Gasteiger partial charge in [0.05, 0.1) is 11.8 Å². The molecule has 17 heavy (non-hydrogen) atoms. The van der Waals surface area contributed by atoms with Crippen LogP contribution in [0.1, 0.15) is 44.3 Å². The first-order valence-electron chi connectivity index (χ1n) is 5.64. The quantitative estimate of drug-likeness (QED) is 0.840. The number of aromatic nitrogens is 2. The average molecular weight is 240 g/mol. The summed E-state index contributed by atoms with van der Waals surface area (Å²) in [6.07, 6.45) is 1.29. The van der Waals surface area contributed by atoms with Crippen molar-refractivity contribution in [1.29, 1.82) is 0 Å². The van der Waals surface area contributed by atoms with Crippen molar-refractivity contribution >= 4 is 5.97 Å². The standard InChI is InChI=1S/C11H16N2O4/c1-4-11(2,16-3)10-12-8(17-13-10)6-5-7(6)9(14)15/h6-7H,4-5H2,1-3H3,(H,14,15). The second kappa shape index (κ2) is 4.10. The minimum atomic E-state index is -0.806. The third-order valence-corrected chi connectivity index (χ3v) is 3.46. The van der Waals surface area contributed by atoms with Crippen LogP contribution in [0.15, 0.2) is 4.52 Å². The lowest BCUT2D eigenvalue weighted by Crippen LogP contribution is -2.24. The van der Waals surface area contributed by atoms with E-state index in [0.29, 0.717) is 18.1 Å². The summed E-state index contributed by atoms with van der Waals surface area (Å²) in [5.74, 6) is -0.428. The molecular formula is C11H16N2O4. The van der Waals surface area contributed by atoms with Gasteiger partial charge in [-0.3, -0.25) is 4.79 Å². The molecule has 0 radical (unpaired) electrons. The molecule has 3 atom stereocenters. The zero-order valence-corrected chi connectivity index (χ0v) is 10.1. The fraction of sp³-hybridized carbons (Fsp3) is 0.727. The molecule has 0 aliphatic heterocycles. The summed E-state index contributed by atoms with van der Waals surface area (Å²) in [5, 5.41) is 12.7. The van der Waals surface area contributed by atoms with Gasteiger partial charge in [-0.25, -0.2) is 0 Å². The van der Waals surface area contributed by atoms with E-state index in [1.807, 2.05) is 13.8 Å². The van der Waals surface area contributed by atoms with Crippen LogP contribution in [0, 0.1) is 5.92 Å². The first-order chi connectivity index (χ1) is 8.01. The van der Waals surface area contributed by atoms with Crippen LogP contribution in [-0.2, 0) is 15.1 Å². The van der Waals surface area contributed by atoms with Crippen LogP contribution in [0.3, 0.4) is 0 Å². The molecule has 0 spiro atoms. The third kappa shape index (κ3) is 2.04. The minimum absolute atomic E-state index is 0.133. The van der Waals surface area contributed by atoms with Gasteiger partial charge in [-0.1, -0.05) is 12.1 Å². The zero-order valence-electron chi connectivity index (χ0n) is 10.1. The molecule has 0 saturated heterocycles. The van der Waals surface area contributed by atoms with Gasteiger partial charge in [-0.2, -0.15) is 4.98 Å². The molecule has 1 heterocycles. The molecule has 94 valence electrons. The van der Waals surface area contributed by atoms with Crippen molar-refractivity contribution in [3.05, 3.63) is 11.7 Å². The minimum Gasteiger partial charge on any atom is -0.481 e. The Morgan fingerprint density at radius 3 is 2.88 bits per heavy atom. The number of nitrogens with zero attached hydrogens (tertiary/aromatic N) is 2. The summed E-state index contributed by atoms with van der Waals surface area (Å²) < 4.78 is 10.5. The topological polar surface area (TPSA) is 85.5 Å². The Morgan fingerprint density at radius 2 is 2.41 bits per heavy atom. The van der Waals surface area contributed by atoms with Crippen LogP contribution in [0.25, 0.3) is 0 Å². The lowest BCUT2D eigenvalue weighted by atomic mass is 10.0. The maximum Gasteiger partial charge on any atom is 0.307 e. The summed E-state index contributed by atoms with van der Waals surface area (Å²) in [6, 6.07) is 0. The number of methoxy groups -OCH3 is 1. The summed E-state index contributed by atoms with van der Waals surface area (Å²) in [5.41, 5.74) is -0.574. The SMILES string of the molecule is CCC(C)(OC)c1noc(C2CC2C(=O)O)n1. The van der Waals surface area contributed by atoms with Crippen molar-refractivity contribution in [2.24, 2.45) is 5.92 Å². The number of ether oxygens (including phenoxy) is 1. The fourth-order valence-electron chi connectivity index (χ4n) is 1.74. The van der Waals surface area contributed by atoms with Crippen LogP contribution < -0.4 is 0 Å². The monoisotopic (exact) mass is 240 g/mol. The highest BCUT2D eigenvalue weighted by molar-refractivity contribution is 5.74. The molecule has 0 bridgehead atoms. The maximum absolute atomic E-state index is 10.7. The molecule has 0 aromatic carbocycles. The van der Waals surface area contributed by atoms with Gasteiger partial charge >= 0.3 is 5.97 Å². The molecule has 1 aromatic rings. The maximum atomic E-state index is 10.7. The number of rotatable bonds is 5. The highest BCUT2D eigenvalue weighted by atomic mass is 16.5.